The molecule has 0 aliphatic heterocycles. The van der Waals surface area contributed by atoms with Crippen LogP contribution in [0.2, 0.25) is 0 Å². The Hall–Kier alpha value is -2.70. The van der Waals surface area contributed by atoms with Crippen molar-refractivity contribution in [2.24, 2.45) is 0 Å². The number of nitrogens with one attached hydrogen (secondary N) is 1. The second kappa shape index (κ2) is 7.35. The highest BCUT2D eigenvalue weighted by Gasteiger charge is 2.08. The van der Waals surface area contributed by atoms with E-state index in [1.165, 1.54) is 7.11 Å². The van der Waals surface area contributed by atoms with Gasteiger partial charge >= 0.3 is 5.97 Å². The lowest BCUT2D eigenvalue weighted by Gasteiger charge is -2.19. The minimum absolute atomic E-state index is 0.368. The van der Waals surface area contributed by atoms with Gasteiger partial charge in [0.15, 0.2) is 5.82 Å². The van der Waals surface area contributed by atoms with Crippen LogP contribution >= 0.6 is 0 Å². The molecule has 7 nitrogen and oxygen atoms in total. The summed E-state index contributed by atoms with van der Waals surface area (Å²) >= 11 is 0. The molecule has 0 unspecified atom stereocenters. The van der Waals surface area contributed by atoms with Gasteiger partial charge in [-0.25, -0.2) is 4.79 Å². The van der Waals surface area contributed by atoms with Crippen LogP contribution in [0.1, 0.15) is 24.2 Å². The van der Waals surface area contributed by atoms with Crippen molar-refractivity contribution in [1.29, 1.82) is 0 Å². The molecule has 7 heteroatoms. The number of anilines is 3. The Morgan fingerprint density at radius 3 is 2.50 bits per heavy atom. The summed E-state index contributed by atoms with van der Waals surface area (Å²) in [5.74, 6) is 0.817. The van der Waals surface area contributed by atoms with Crippen molar-refractivity contribution in [1.82, 2.24) is 15.2 Å². The van der Waals surface area contributed by atoms with E-state index in [2.05, 4.69) is 44.0 Å². The van der Waals surface area contributed by atoms with Crippen molar-refractivity contribution >= 4 is 23.4 Å². The molecule has 1 heterocycles. The fourth-order valence-electron chi connectivity index (χ4n) is 1.98. The molecular formula is C15H19N5O2. The minimum Gasteiger partial charge on any atom is -0.465 e. The van der Waals surface area contributed by atoms with Gasteiger partial charge in [-0.2, -0.15) is 10.1 Å². The number of nitrogens with zero attached hydrogens (tertiary/aromatic N) is 4. The van der Waals surface area contributed by atoms with Gasteiger partial charge in [0.05, 0.1) is 18.9 Å². The summed E-state index contributed by atoms with van der Waals surface area (Å²) in [5, 5.41) is 11.0. The summed E-state index contributed by atoms with van der Waals surface area (Å²) in [4.78, 5) is 17.9. The third kappa shape index (κ3) is 3.69. The number of carbonyl (C=O) groups is 1. The molecule has 0 bridgehead atoms. The lowest BCUT2D eigenvalue weighted by atomic mass is 10.2. The SMILES string of the molecule is CCN(CC)c1cnnc(Nc2ccc(C(=O)OC)cc2)n1. The third-order valence-electron chi connectivity index (χ3n) is 3.20. The zero-order valence-electron chi connectivity index (χ0n) is 12.9. The molecule has 116 valence electrons. The predicted molar refractivity (Wildman–Crippen MR) is 84.5 cm³/mol. The Bertz CT molecular complexity index is 626. The maximum atomic E-state index is 11.4. The van der Waals surface area contributed by atoms with Gasteiger partial charge in [-0.3, -0.25) is 0 Å². The number of esters is 1. The predicted octanol–water partition coefficient (Wildman–Crippen LogP) is 2.25. The number of rotatable bonds is 6. The van der Waals surface area contributed by atoms with E-state index >= 15 is 0 Å². The average molecular weight is 301 g/mol. The van der Waals surface area contributed by atoms with Crippen LogP contribution < -0.4 is 10.2 Å². The molecule has 1 N–H and O–H groups in total. The molecule has 0 fully saturated rings. The number of methoxy groups -OCH3 is 1. The first kappa shape index (κ1) is 15.7. The zero-order valence-corrected chi connectivity index (χ0v) is 12.9. The Labute approximate surface area is 129 Å². The molecule has 2 rings (SSSR count). The van der Waals surface area contributed by atoms with Crippen molar-refractivity contribution < 1.29 is 9.53 Å². The molecule has 0 spiro atoms. The average Bonchev–Trinajstić information content (AvgIpc) is 2.56. The topological polar surface area (TPSA) is 80.2 Å². The summed E-state index contributed by atoms with van der Waals surface area (Å²) < 4.78 is 4.66. The number of benzene rings is 1. The van der Waals surface area contributed by atoms with E-state index in [-0.39, 0.29) is 5.97 Å². The molecule has 0 saturated carbocycles. The quantitative estimate of drug-likeness (QED) is 0.819. The fourth-order valence-corrected chi connectivity index (χ4v) is 1.98. The molecule has 0 aliphatic rings. The van der Waals surface area contributed by atoms with Crippen LogP contribution in [0.5, 0.6) is 0 Å². The van der Waals surface area contributed by atoms with E-state index in [4.69, 9.17) is 0 Å². The molecule has 1 aromatic carbocycles. The Morgan fingerprint density at radius 2 is 1.91 bits per heavy atom. The van der Waals surface area contributed by atoms with Gasteiger partial charge in [-0.05, 0) is 38.1 Å². The molecule has 0 saturated heterocycles. The van der Waals surface area contributed by atoms with Gasteiger partial charge in [0, 0.05) is 18.8 Å². The van der Waals surface area contributed by atoms with Crippen LogP contribution in [0, 0.1) is 0 Å². The fraction of sp³-hybridized carbons (Fsp3) is 0.333. The van der Waals surface area contributed by atoms with E-state index in [0.29, 0.717) is 11.5 Å². The van der Waals surface area contributed by atoms with Crippen LogP contribution in [0.25, 0.3) is 0 Å². The summed E-state index contributed by atoms with van der Waals surface area (Å²) in [6, 6.07) is 6.88. The first-order chi connectivity index (χ1) is 10.7. The first-order valence-corrected chi connectivity index (χ1v) is 7.08. The molecule has 0 amide bonds. The van der Waals surface area contributed by atoms with Crippen LogP contribution in [0.15, 0.2) is 30.5 Å². The highest BCUT2D eigenvalue weighted by atomic mass is 16.5. The third-order valence-corrected chi connectivity index (χ3v) is 3.20. The Kier molecular flexibility index (Phi) is 5.24. The second-order valence-corrected chi connectivity index (χ2v) is 4.50. The number of hydrogen-bond donors (Lipinski definition) is 1. The van der Waals surface area contributed by atoms with Crippen LogP contribution in [-0.4, -0.2) is 41.3 Å². The lowest BCUT2D eigenvalue weighted by molar-refractivity contribution is 0.0601. The maximum absolute atomic E-state index is 11.4. The number of aromatic nitrogens is 3. The lowest BCUT2D eigenvalue weighted by Crippen LogP contribution is -2.23. The van der Waals surface area contributed by atoms with Gasteiger partial charge in [0.25, 0.3) is 0 Å². The monoisotopic (exact) mass is 301 g/mol. The highest BCUT2D eigenvalue weighted by molar-refractivity contribution is 5.89. The van der Waals surface area contributed by atoms with Crippen molar-refractivity contribution in [3.05, 3.63) is 36.0 Å². The Morgan fingerprint density at radius 1 is 1.23 bits per heavy atom. The normalized spacial score (nSPS) is 10.1. The van der Waals surface area contributed by atoms with Gasteiger partial charge < -0.3 is 15.0 Å². The first-order valence-electron chi connectivity index (χ1n) is 7.08. The van der Waals surface area contributed by atoms with Crippen molar-refractivity contribution in [2.75, 3.05) is 30.4 Å². The van der Waals surface area contributed by atoms with Crippen LogP contribution in [-0.2, 0) is 4.74 Å². The molecule has 0 aliphatic carbocycles. The molecule has 22 heavy (non-hydrogen) atoms. The molecule has 1 aromatic heterocycles. The number of carbonyl (C=O) groups excluding carboxylic acids is 1. The van der Waals surface area contributed by atoms with E-state index in [9.17, 15) is 4.79 Å². The van der Waals surface area contributed by atoms with Gasteiger partial charge in [-0.15, -0.1) is 5.10 Å². The maximum Gasteiger partial charge on any atom is 0.337 e. The zero-order chi connectivity index (χ0) is 15.9. The van der Waals surface area contributed by atoms with Crippen LogP contribution in [0.3, 0.4) is 0 Å². The minimum atomic E-state index is -0.368. The smallest absolute Gasteiger partial charge is 0.337 e. The summed E-state index contributed by atoms with van der Waals surface area (Å²) in [5.41, 5.74) is 1.26. The summed E-state index contributed by atoms with van der Waals surface area (Å²) in [7, 11) is 1.35. The highest BCUT2D eigenvalue weighted by Crippen LogP contribution is 2.16. The molecule has 2 aromatic rings. The van der Waals surface area contributed by atoms with Crippen molar-refractivity contribution in [3.8, 4) is 0 Å². The largest absolute Gasteiger partial charge is 0.465 e. The molecular weight excluding hydrogens is 282 g/mol. The molecule has 0 atom stereocenters. The standard InChI is InChI=1S/C15H19N5O2/c1-4-20(5-2)13-10-16-19-15(18-13)17-12-8-6-11(7-9-12)14(21)22-3/h6-10H,4-5H2,1-3H3,(H,17,18,19). The molecule has 0 radical (unpaired) electrons. The number of hydrogen-bond acceptors (Lipinski definition) is 7. The second-order valence-electron chi connectivity index (χ2n) is 4.50. The van der Waals surface area contributed by atoms with Gasteiger partial charge in [0.1, 0.15) is 0 Å². The van der Waals surface area contributed by atoms with E-state index in [0.717, 1.165) is 24.6 Å². The Balaban J connectivity index is 2.13. The van der Waals surface area contributed by atoms with Crippen molar-refractivity contribution in [3.63, 3.8) is 0 Å². The van der Waals surface area contributed by atoms with Crippen LogP contribution in [0.4, 0.5) is 17.5 Å². The van der Waals surface area contributed by atoms with Crippen molar-refractivity contribution in [2.45, 2.75) is 13.8 Å². The van der Waals surface area contributed by atoms with Gasteiger partial charge in [-0.1, -0.05) is 0 Å². The van der Waals surface area contributed by atoms with Gasteiger partial charge in [0.2, 0.25) is 5.95 Å². The summed E-state index contributed by atoms with van der Waals surface area (Å²) in [6.45, 7) is 5.82. The summed E-state index contributed by atoms with van der Waals surface area (Å²) in [6.07, 6.45) is 1.64. The van der Waals surface area contributed by atoms with E-state index in [1.807, 2.05) is 0 Å². The van der Waals surface area contributed by atoms with E-state index < -0.39 is 0 Å². The van der Waals surface area contributed by atoms with E-state index in [1.54, 1.807) is 30.5 Å². The number of ether oxygens (including phenoxy) is 1.